The Labute approximate surface area is 89.1 Å². The van der Waals surface area contributed by atoms with Crippen molar-refractivity contribution in [2.45, 2.75) is 27.7 Å². The van der Waals surface area contributed by atoms with Gasteiger partial charge in [0.05, 0.1) is 5.56 Å². The van der Waals surface area contributed by atoms with Gasteiger partial charge >= 0.3 is 5.97 Å². The number of hydrogen-bond acceptors (Lipinski definition) is 3. The van der Waals surface area contributed by atoms with Gasteiger partial charge in [0, 0.05) is 6.92 Å². The summed E-state index contributed by atoms with van der Waals surface area (Å²) in [7, 11) is 0. The molecular formula is C12H14O3. The van der Waals surface area contributed by atoms with E-state index in [4.69, 9.17) is 4.74 Å². The smallest absolute Gasteiger partial charge is 0.308 e. The fourth-order valence-electron chi connectivity index (χ4n) is 1.62. The maximum atomic E-state index is 11.4. The van der Waals surface area contributed by atoms with Crippen molar-refractivity contribution in [1.82, 2.24) is 0 Å². The Hall–Kier alpha value is -1.64. The van der Waals surface area contributed by atoms with Gasteiger partial charge in [-0.05, 0) is 38.0 Å². The van der Waals surface area contributed by atoms with E-state index in [0.29, 0.717) is 11.3 Å². The molecule has 0 fully saturated rings. The normalized spacial score (nSPS) is 9.87. The molecule has 0 bridgehead atoms. The van der Waals surface area contributed by atoms with Crippen molar-refractivity contribution in [2.75, 3.05) is 0 Å². The number of hydrogen-bond donors (Lipinski definition) is 0. The maximum absolute atomic E-state index is 11.4. The zero-order chi connectivity index (χ0) is 11.6. The molecule has 3 nitrogen and oxygen atoms in total. The molecule has 0 saturated carbocycles. The minimum atomic E-state index is -0.414. The fourth-order valence-corrected chi connectivity index (χ4v) is 1.62. The second kappa shape index (κ2) is 4.26. The Kier molecular flexibility index (Phi) is 3.24. The van der Waals surface area contributed by atoms with Gasteiger partial charge in [-0.3, -0.25) is 9.59 Å². The maximum Gasteiger partial charge on any atom is 0.308 e. The van der Waals surface area contributed by atoms with Gasteiger partial charge in [0.1, 0.15) is 5.75 Å². The van der Waals surface area contributed by atoms with Crippen LogP contribution in [0.2, 0.25) is 0 Å². The lowest BCUT2D eigenvalue weighted by atomic mass is 10.0. The Morgan fingerprint density at radius 2 is 1.73 bits per heavy atom. The summed E-state index contributed by atoms with van der Waals surface area (Å²) in [6.45, 7) is 6.51. The summed E-state index contributed by atoms with van der Waals surface area (Å²) in [6, 6.07) is 3.59. The minimum absolute atomic E-state index is 0.0937. The molecule has 3 heteroatoms. The molecule has 0 aliphatic heterocycles. The largest absolute Gasteiger partial charge is 0.426 e. The minimum Gasteiger partial charge on any atom is -0.426 e. The van der Waals surface area contributed by atoms with Crippen LogP contribution in [0.1, 0.15) is 35.3 Å². The first-order valence-corrected chi connectivity index (χ1v) is 4.72. The molecule has 1 aromatic rings. The molecule has 0 aromatic heterocycles. The number of benzene rings is 1. The van der Waals surface area contributed by atoms with Gasteiger partial charge in [-0.15, -0.1) is 0 Å². The molecule has 0 saturated heterocycles. The van der Waals surface area contributed by atoms with Gasteiger partial charge < -0.3 is 4.74 Å². The van der Waals surface area contributed by atoms with E-state index < -0.39 is 5.97 Å². The van der Waals surface area contributed by atoms with E-state index in [1.165, 1.54) is 13.8 Å². The number of Topliss-reactive ketones (excluding diaryl/α,β-unsaturated/α-hetero) is 1. The van der Waals surface area contributed by atoms with E-state index in [2.05, 4.69) is 0 Å². The van der Waals surface area contributed by atoms with Crippen LogP contribution in [-0.4, -0.2) is 11.8 Å². The van der Waals surface area contributed by atoms with Crippen molar-refractivity contribution in [3.63, 3.8) is 0 Å². The highest BCUT2D eigenvalue weighted by atomic mass is 16.5. The molecule has 0 aliphatic rings. The predicted molar refractivity (Wildman–Crippen MR) is 57.2 cm³/mol. The molecular weight excluding hydrogens is 192 g/mol. The summed E-state index contributed by atoms with van der Waals surface area (Å²) < 4.78 is 5.01. The molecule has 80 valence electrons. The van der Waals surface area contributed by atoms with Crippen molar-refractivity contribution in [3.05, 3.63) is 28.8 Å². The van der Waals surface area contributed by atoms with Crippen molar-refractivity contribution in [2.24, 2.45) is 0 Å². The average molecular weight is 206 g/mol. The summed E-state index contributed by atoms with van der Waals surface area (Å²) in [5, 5.41) is 0. The summed E-state index contributed by atoms with van der Waals surface area (Å²) in [5.74, 6) is -0.154. The predicted octanol–water partition coefficient (Wildman–Crippen LogP) is 2.43. The number of rotatable bonds is 2. The van der Waals surface area contributed by atoms with Crippen LogP contribution in [0.5, 0.6) is 5.75 Å². The first kappa shape index (κ1) is 11.4. The van der Waals surface area contributed by atoms with Crippen molar-refractivity contribution >= 4 is 11.8 Å². The van der Waals surface area contributed by atoms with Crippen LogP contribution in [0.3, 0.4) is 0 Å². The van der Waals surface area contributed by atoms with E-state index in [-0.39, 0.29) is 5.78 Å². The van der Waals surface area contributed by atoms with Gasteiger partial charge in [0.15, 0.2) is 5.78 Å². The SMILES string of the molecule is CC(=O)Oc1cc(C)cc(C)c1C(C)=O. The van der Waals surface area contributed by atoms with Gasteiger partial charge in [-0.25, -0.2) is 0 Å². The van der Waals surface area contributed by atoms with E-state index in [1.807, 2.05) is 19.9 Å². The Balaban J connectivity index is 3.33. The van der Waals surface area contributed by atoms with E-state index >= 15 is 0 Å². The third-order valence-corrected chi connectivity index (χ3v) is 2.05. The quantitative estimate of drug-likeness (QED) is 0.424. The Morgan fingerprint density at radius 3 is 2.20 bits per heavy atom. The van der Waals surface area contributed by atoms with E-state index in [1.54, 1.807) is 6.07 Å². The molecule has 0 unspecified atom stereocenters. The number of esters is 1. The monoisotopic (exact) mass is 206 g/mol. The highest BCUT2D eigenvalue weighted by Gasteiger charge is 2.13. The third kappa shape index (κ3) is 2.65. The molecule has 0 radical (unpaired) electrons. The summed E-state index contributed by atoms with van der Waals surface area (Å²) in [6.07, 6.45) is 0. The summed E-state index contributed by atoms with van der Waals surface area (Å²) >= 11 is 0. The van der Waals surface area contributed by atoms with Crippen LogP contribution in [0.15, 0.2) is 12.1 Å². The lowest BCUT2D eigenvalue weighted by Gasteiger charge is -2.10. The van der Waals surface area contributed by atoms with Crippen LogP contribution in [0, 0.1) is 13.8 Å². The van der Waals surface area contributed by atoms with Crippen molar-refractivity contribution < 1.29 is 14.3 Å². The molecule has 0 atom stereocenters. The van der Waals surface area contributed by atoms with Crippen molar-refractivity contribution in [3.8, 4) is 5.75 Å². The van der Waals surface area contributed by atoms with Crippen LogP contribution in [-0.2, 0) is 4.79 Å². The Bertz CT molecular complexity index is 419. The average Bonchev–Trinajstić information content (AvgIpc) is 1.99. The molecule has 0 N–H and O–H groups in total. The van der Waals surface area contributed by atoms with Crippen LogP contribution in [0.4, 0.5) is 0 Å². The topological polar surface area (TPSA) is 43.4 Å². The number of ketones is 1. The first-order chi connectivity index (χ1) is 6.91. The molecule has 15 heavy (non-hydrogen) atoms. The highest BCUT2D eigenvalue weighted by molar-refractivity contribution is 5.99. The van der Waals surface area contributed by atoms with Gasteiger partial charge in [0.25, 0.3) is 0 Å². The molecule has 0 aliphatic carbocycles. The molecule has 0 amide bonds. The van der Waals surface area contributed by atoms with Gasteiger partial charge in [0.2, 0.25) is 0 Å². The third-order valence-electron chi connectivity index (χ3n) is 2.05. The van der Waals surface area contributed by atoms with Crippen LogP contribution >= 0.6 is 0 Å². The van der Waals surface area contributed by atoms with Gasteiger partial charge in [-0.1, -0.05) is 6.07 Å². The van der Waals surface area contributed by atoms with Crippen LogP contribution in [0.25, 0.3) is 0 Å². The number of ether oxygens (including phenoxy) is 1. The standard InChI is InChI=1S/C12H14O3/c1-7-5-8(2)12(9(3)13)11(6-7)15-10(4)14/h5-6H,1-4H3. The van der Waals surface area contributed by atoms with Crippen LogP contribution < -0.4 is 4.74 Å². The second-order valence-corrected chi connectivity index (χ2v) is 3.60. The first-order valence-electron chi connectivity index (χ1n) is 4.72. The molecule has 0 heterocycles. The highest BCUT2D eigenvalue weighted by Crippen LogP contribution is 2.25. The molecule has 1 rings (SSSR count). The number of aryl methyl sites for hydroxylation is 2. The second-order valence-electron chi connectivity index (χ2n) is 3.60. The lowest BCUT2D eigenvalue weighted by molar-refractivity contribution is -0.131. The zero-order valence-corrected chi connectivity index (χ0v) is 9.38. The van der Waals surface area contributed by atoms with E-state index in [0.717, 1.165) is 11.1 Å². The lowest BCUT2D eigenvalue weighted by Crippen LogP contribution is -2.08. The molecule has 0 spiro atoms. The van der Waals surface area contributed by atoms with Crippen molar-refractivity contribution in [1.29, 1.82) is 0 Å². The molecule has 1 aromatic carbocycles. The summed E-state index contributed by atoms with van der Waals surface area (Å²) in [4.78, 5) is 22.3. The van der Waals surface area contributed by atoms with E-state index in [9.17, 15) is 9.59 Å². The Morgan fingerprint density at radius 1 is 1.13 bits per heavy atom. The summed E-state index contributed by atoms with van der Waals surface area (Å²) in [5.41, 5.74) is 2.28. The van der Waals surface area contributed by atoms with Gasteiger partial charge in [-0.2, -0.15) is 0 Å². The number of carbonyl (C=O) groups is 2. The number of carbonyl (C=O) groups excluding carboxylic acids is 2. The fraction of sp³-hybridized carbons (Fsp3) is 0.333. The zero-order valence-electron chi connectivity index (χ0n) is 9.38.